The van der Waals surface area contributed by atoms with E-state index in [1.54, 1.807) is 12.1 Å². The molecular weight excluding hydrogens is 362 g/mol. The number of piperidine rings is 1. The third-order valence-electron chi connectivity index (χ3n) is 6.50. The largest absolute Gasteiger partial charge is 0.465 e. The summed E-state index contributed by atoms with van der Waals surface area (Å²) in [6.07, 6.45) is 7.82. The minimum Gasteiger partial charge on any atom is -0.465 e. The van der Waals surface area contributed by atoms with Crippen molar-refractivity contribution in [2.75, 3.05) is 25.1 Å². The summed E-state index contributed by atoms with van der Waals surface area (Å²) in [5.74, 6) is -0.311. The van der Waals surface area contributed by atoms with Crippen molar-refractivity contribution in [1.82, 2.24) is 9.55 Å². The van der Waals surface area contributed by atoms with Crippen molar-refractivity contribution in [3.8, 4) is 0 Å². The van der Waals surface area contributed by atoms with Gasteiger partial charge in [-0.15, -0.1) is 0 Å². The highest BCUT2D eigenvalue weighted by molar-refractivity contribution is 5.89. The highest BCUT2D eigenvalue weighted by Gasteiger charge is 2.28. The Kier molecular flexibility index (Phi) is 5.31. The molecule has 4 rings (SSSR count). The molecule has 0 spiro atoms. The monoisotopic (exact) mass is 391 g/mol. The smallest absolute Gasteiger partial charge is 0.337 e. The molecule has 152 valence electrons. The minimum atomic E-state index is -0.311. The van der Waals surface area contributed by atoms with Crippen molar-refractivity contribution in [2.24, 2.45) is 5.41 Å². The highest BCUT2D eigenvalue weighted by atomic mass is 16.5. The normalized spacial score (nSPS) is 16.2. The Balaban J connectivity index is 1.49. The Bertz CT molecular complexity index is 999. The molecule has 0 unspecified atom stereocenters. The highest BCUT2D eigenvalue weighted by Crippen LogP contribution is 2.36. The van der Waals surface area contributed by atoms with Gasteiger partial charge in [0, 0.05) is 31.2 Å². The zero-order valence-electron chi connectivity index (χ0n) is 17.5. The van der Waals surface area contributed by atoms with Gasteiger partial charge in [-0.25, -0.2) is 9.78 Å². The number of rotatable bonds is 5. The zero-order chi connectivity index (χ0) is 20.4. The van der Waals surface area contributed by atoms with Gasteiger partial charge < -0.3 is 14.2 Å². The zero-order valence-corrected chi connectivity index (χ0v) is 17.5. The van der Waals surface area contributed by atoms with Crippen LogP contribution >= 0.6 is 0 Å². The minimum absolute atomic E-state index is 0.311. The van der Waals surface area contributed by atoms with E-state index >= 15 is 0 Å². The van der Waals surface area contributed by atoms with E-state index in [0.717, 1.165) is 36.2 Å². The van der Waals surface area contributed by atoms with Gasteiger partial charge in [0.25, 0.3) is 0 Å². The quantitative estimate of drug-likeness (QED) is 0.581. The van der Waals surface area contributed by atoms with Crippen LogP contribution in [0.2, 0.25) is 0 Å². The summed E-state index contributed by atoms with van der Waals surface area (Å²) in [7, 11) is 1.40. The molecule has 29 heavy (non-hydrogen) atoms. The fraction of sp³-hybridized carbons (Fsp3) is 0.417. The van der Waals surface area contributed by atoms with Gasteiger partial charge in [0.15, 0.2) is 0 Å². The second-order valence-corrected chi connectivity index (χ2v) is 8.39. The lowest BCUT2D eigenvalue weighted by Gasteiger charge is -2.39. The lowest BCUT2D eigenvalue weighted by Crippen LogP contribution is -2.38. The van der Waals surface area contributed by atoms with Gasteiger partial charge in [-0.1, -0.05) is 32.4 Å². The maximum absolute atomic E-state index is 11.6. The van der Waals surface area contributed by atoms with E-state index < -0.39 is 0 Å². The van der Waals surface area contributed by atoms with E-state index in [0.29, 0.717) is 11.0 Å². The van der Waals surface area contributed by atoms with Crippen molar-refractivity contribution in [3.05, 3.63) is 59.9 Å². The predicted molar refractivity (Wildman–Crippen MR) is 116 cm³/mol. The molecule has 5 nitrogen and oxygen atoms in total. The fourth-order valence-corrected chi connectivity index (χ4v) is 4.09. The summed E-state index contributed by atoms with van der Waals surface area (Å²) in [5.41, 5.74) is 4.38. The Labute approximate surface area is 172 Å². The average molecular weight is 392 g/mol. The average Bonchev–Trinajstić information content (AvgIpc) is 3.16. The summed E-state index contributed by atoms with van der Waals surface area (Å²) in [6.45, 7) is 7.63. The van der Waals surface area contributed by atoms with Crippen molar-refractivity contribution in [2.45, 2.75) is 39.7 Å². The summed E-state index contributed by atoms with van der Waals surface area (Å²) < 4.78 is 6.91. The standard InChI is InChI=1S/C24H29N3O2/c1-4-24(2)10-13-26(14-11-24)21-15-20-9-12-27(22(20)25-16-21)17-18-5-7-19(8-6-18)23(28)29-3/h5-9,12,15-16H,4,10-11,13-14,17H2,1-3H3. The van der Waals surface area contributed by atoms with Crippen molar-refractivity contribution < 1.29 is 9.53 Å². The summed E-state index contributed by atoms with van der Waals surface area (Å²) in [4.78, 5) is 18.8. The van der Waals surface area contributed by atoms with Crippen LogP contribution in [0, 0.1) is 5.41 Å². The van der Waals surface area contributed by atoms with Crippen LogP contribution in [0.3, 0.4) is 0 Å². The van der Waals surface area contributed by atoms with E-state index in [-0.39, 0.29) is 5.97 Å². The Hall–Kier alpha value is -2.82. The van der Waals surface area contributed by atoms with E-state index in [2.05, 4.69) is 41.6 Å². The lowest BCUT2D eigenvalue weighted by atomic mass is 9.78. The van der Waals surface area contributed by atoms with Crippen LogP contribution in [0.4, 0.5) is 5.69 Å². The number of aromatic nitrogens is 2. The number of hydrogen-bond acceptors (Lipinski definition) is 4. The number of anilines is 1. The molecule has 1 fully saturated rings. The van der Waals surface area contributed by atoms with E-state index in [9.17, 15) is 4.79 Å². The van der Waals surface area contributed by atoms with Crippen LogP contribution < -0.4 is 4.90 Å². The van der Waals surface area contributed by atoms with E-state index in [4.69, 9.17) is 9.72 Å². The van der Waals surface area contributed by atoms with Crippen LogP contribution in [0.15, 0.2) is 48.8 Å². The second-order valence-electron chi connectivity index (χ2n) is 8.39. The Morgan fingerprint density at radius 3 is 2.55 bits per heavy atom. The van der Waals surface area contributed by atoms with Gasteiger partial charge in [-0.2, -0.15) is 0 Å². The fourth-order valence-electron chi connectivity index (χ4n) is 4.09. The first-order valence-electron chi connectivity index (χ1n) is 10.4. The molecule has 0 N–H and O–H groups in total. The number of hydrogen-bond donors (Lipinski definition) is 0. The van der Waals surface area contributed by atoms with Crippen LogP contribution in [0.1, 0.15) is 49.0 Å². The number of methoxy groups -OCH3 is 1. The molecule has 0 aliphatic carbocycles. The molecule has 3 aromatic rings. The van der Waals surface area contributed by atoms with Crippen molar-refractivity contribution in [1.29, 1.82) is 0 Å². The van der Waals surface area contributed by atoms with Gasteiger partial charge in [0.2, 0.25) is 0 Å². The molecule has 0 radical (unpaired) electrons. The van der Waals surface area contributed by atoms with Crippen molar-refractivity contribution >= 4 is 22.7 Å². The number of nitrogens with zero attached hydrogens (tertiary/aromatic N) is 3. The number of ether oxygens (including phenoxy) is 1. The van der Waals surface area contributed by atoms with Gasteiger partial charge in [0.1, 0.15) is 5.65 Å². The second kappa shape index (κ2) is 7.90. The van der Waals surface area contributed by atoms with Gasteiger partial charge >= 0.3 is 5.97 Å². The number of carbonyl (C=O) groups is 1. The summed E-state index contributed by atoms with van der Waals surface area (Å²) in [6, 6.07) is 11.9. The maximum atomic E-state index is 11.6. The topological polar surface area (TPSA) is 47.4 Å². The van der Waals surface area contributed by atoms with Gasteiger partial charge in [-0.3, -0.25) is 0 Å². The lowest BCUT2D eigenvalue weighted by molar-refractivity contribution is 0.0600. The van der Waals surface area contributed by atoms with Crippen molar-refractivity contribution in [3.63, 3.8) is 0 Å². The summed E-state index contributed by atoms with van der Waals surface area (Å²) >= 11 is 0. The number of carbonyl (C=O) groups excluding carboxylic acids is 1. The Morgan fingerprint density at radius 1 is 1.17 bits per heavy atom. The number of benzene rings is 1. The van der Waals surface area contributed by atoms with E-state index in [1.165, 1.54) is 32.1 Å². The van der Waals surface area contributed by atoms with Crippen LogP contribution in [-0.4, -0.2) is 35.7 Å². The van der Waals surface area contributed by atoms with Crippen LogP contribution in [-0.2, 0) is 11.3 Å². The molecule has 3 heterocycles. The molecule has 5 heteroatoms. The molecule has 1 aliphatic heterocycles. The molecule has 1 saturated heterocycles. The van der Waals surface area contributed by atoms with Gasteiger partial charge in [-0.05, 0) is 48.1 Å². The van der Waals surface area contributed by atoms with E-state index in [1.807, 2.05) is 18.3 Å². The molecule has 1 aliphatic rings. The molecule has 0 saturated carbocycles. The first-order chi connectivity index (χ1) is 14.0. The molecule has 2 aromatic heterocycles. The molecule has 0 bridgehead atoms. The molecule has 0 atom stereocenters. The molecule has 0 amide bonds. The summed E-state index contributed by atoms with van der Waals surface area (Å²) in [5, 5.41) is 1.16. The first-order valence-corrected chi connectivity index (χ1v) is 10.4. The first kappa shape index (κ1) is 19.5. The number of fused-ring (bicyclic) bond motifs is 1. The van der Waals surface area contributed by atoms with Gasteiger partial charge in [0.05, 0.1) is 24.6 Å². The third kappa shape index (κ3) is 4.00. The van der Waals surface area contributed by atoms with Crippen LogP contribution in [0.25, 0.3) is 11.0 Å². The molecular formula is C24H29N3O2. The molecule has 1 aromatic carbocycles. The number of pyridine rings is 1. The predicted octanol–water partition coefficient (Wildman–Crippen LogP) is 4.89. The number of esters is 1. The Morgan fingerprint density at radius 2 is 1.90 bits per heavy atom. The SMILES string of the molecule is CCC1(C)CCN(c2cnc3c(ccn3Cc3ccc(C(=O)OC)cc3)c2)CC1. The van der Waals surface area contributed by atoms with Crippen LogP contribution in [0.5, 0.6) is 0 Å². The third-order valence-corrected chi connectivity index (χ3v) is 6.50. The maximum Gasteiger partial charge on any atom is 0.337 e.